The molecular formula is C20H25N5O. The molecule has 2 saturated heterocycles. The first kappa shape index (κ1) is 16.8. The minimum absolute atomic E-state index is 0.743. The van der Waals surface area contributed by atoms with Crippen molar-refractivity contribution in [3.63, 3.8) is 0 Å². The normalized spacial score (nSPS) is 18.1. The van der Waals surface area contributed by atoms with Gasteiger partial charge in [0.2, 0.25) is 12.4 Å². The zero-order chi connectivity index (χ0) is 17.8. The highest BCUT2D eigenvalue weighted by Crippen LogP contribution is 2.26. The summed E-state index contributed by atoms with van der Waals surface area (Å²) in [6, 6.07) is 12.4. The Kier molecular flexibility index (Phi) is 5.00. The van der Waals surface area contributed by atoms with Crippen molar-refractivity contribution in [2.45, 2.75) is 19.3 Å². The van der Waals surface area contributed by atoms with Crippen LogP contribution in [0.1, 0.15) is 19.3 Å². The van der Waals surface area contributed by atoms with E-state index in [4.69, 9.17) is 9.97 Å². The van der Waals surface area contributed by atoms with Crippen LogP contribution in [0.4, 0.5) is 11.8 Å². The van der Waals surface area contributed by atoms with E-state index in [2.05, 4.69) is 28.0 Å². The van der Waals surface area contributed by atoms with Gasteiger partial charge in [-0.25, -0.2) is 4.98 Å². The van der Waals surface area contributed by atoms with Crippen molar-refractivity contribution < 1.29 is 4.79 Å². The molecule has 0 bridgehead atoms. The Bertz CT molecular complexity index is 737. The minimum Gasteiger partial charge on any atom is -0.353 e. The third kappa shape index (κ3) is 3.64. The SMILES string of the molecule is O=CN1CCN(c2cc(-c3ccccc3)nc(N3CCCCC3)n2)CC1. The molecule has 3 heterocycles. The molecule has 0 N–H and O–H groups in total. The van der Waals surface area contributed by atoms with E-state index in [1.165, 1.54) is 19.3 Å². The second-order valence-electron chi connectivity index (χ2n) is 6.95. The summed E-state index contributed by atoms with van der Waals surface area (Å²) in [5.74, 6) is 1.80. The number of amides is 1. The zero-order valence-corrected chi connectivity index (χ0v) is 15.0. The molecule has 6 heteroatoms. The van der Waals surface area contributed by atoms with E-state index in [0.717, 1.165) is 68.7 Å². The maximum absolute atomic E-state index is 11.0. The summed E-state index contributed by atoms with van der Waals surface area (Å²) < 4.78 is 0. The third-order valence-electron chi connectivity index (χ3n) is 5.20. The molecule has 0 aliphatic carbocycles. The highest BCUT2D eigenvalue weighted by Gasteiger charge is 2.21. The Balaban J connectivity index is 1.67. The van der Waals surface area contributed by atoms with Gasteiger partial charge in [0.1, 0.15) is 5.82 Å². The summed E-state index contributed by atoms with van der Waals surface area (Å²) in [7, 11) is 0. The molecule has 2 aliphatic rings. The second kappa shape index (κ2) is 7.72. The molecule has 0 radical (unpaired) electrons. The lowest BCUT2D eigenvalue weighted by Crippen LogP contribution is -2.46. The van der Waals surface area contributed by atoms with Gasteiger partial charge in [-0.2, -0.15) is 4.98 Å². The van der Waals surface area contributed by atoms with Crippen LogP contribution in [-0.4, -0.2) is 60.5 Å². The first-order valence-corrected chi connectivity index (χ1v) is 9.47. The number of aromatic nitrogens is 2. The Hall–Kier alpha value is -2.63. The molecule has 4 rings (SSSR count). The smallest absolute Gasteiger partial charge is 0.227 e. The summed E-state index contributed by atoms with van der Waals surface area (Å²) in [6.45, 7) is 5.15. The van der Waals surface area contributed by atoms with Gasteiger partial charge in [0.05, 0.1) is 5.69 Å². The molecule has 2 aliphatic heterocycles. The van der Waals surface area contributed by atoms with Crippen LogP contribution in [0, 0.1) is 0 Å². The van der Waals surface area contributed by atoms with Crippen LogP contribution in [0.5, 0.6) is 0 Å². The van der Waals surface area contributed by atoms with E-state index in [9.17, 15) is 4.79 Å². The van der Waals surface area contributed by atoms with E-state index in [0.29, 0.717) is 0 Å². The van der Waals surface area contributed by atoms with Crippen LogP contribution in [-0.2, 0) is 4.79 Å². The molecule has 1 aromatic heterocycles. The highest BCUT2D eigenvalue weighted by atomic mass is 16.1. The summed E-state index contributed by atoms with van der Waals surface area (Å²) in [5.41, 5.74) is 2.08. The molecule has 1 amide bonds. The van der Waals surface area contributed by atoms with Crippen molar-refractivity contribution in [2.24, 2.45) is 0 Å². The van der Waals surface area contributed by atoms with Gasteiger partial charge in [0, 0.05) is 50.9 Å². The molecular weight excluding hydrogens is 326 g/mol. The maximum Gasteiger partial charge on any atom is 0.227 e. The molecule has 2 fully saturated rings. The summed E-state index contributed by atoms with van der Waals surface area (Å²) in [4.78, 5) is 27.1. The van der Waals surface area contributed by atoms with Gasteiger partial charge in [-0.3, -0.25) is 4.79 Å². The van der Waals surface area contributed by atoms with Crippen molar-refractivity contribution in [3.05, 3.63) is 36.4 Å². The highest BCUT2D eigenvalue weighted by molar-refractivity contribution is 5.65. The number of hydrogen-bond acceptors (Lipinski definition) is 5. The zero-order valence-electron chi connectivity index (χ0n) is 15.0. The van der Waals surface area contributed by atoms with Gasteiger partial charge in [-0.1, -0.05) is 30.3 Å². The number of piperidine rings is 1. The Morgan fingerprint density at radius 1 is 0.808 bits per heavy atom. The van der Waals surface area contributed by atoms with Crippen molar-refractivity contribution in [2.75, 3.05) is 49.1 Å². The van der Waals surface area contributed by atoms with Crippen molar-refractivity contribution in [1.82, 2.24) is 14.9 Å². The quantitative estimate of drug-likeness (QED) is 0.792. The minimum atomic E-state index is 0.743. The number of hydrogen-bond donors (Lipinski definition) is 0. The van der Waals surface area contributed by atoms with E-state index < -0.39 is 0 Å². The van der Waals surface area contributed by atoms with Crippen LogP contribution < -0.4 is 9.80 Å². The van der Waals surface area contributed by atoms with Gasteiger partial charge in [0.25, 0.3) is 0 Å². The lowest BCUT2D eigenvalue weighted by atomic mass is 10.1. The number of anilines is 2. The molecule has 0 spiro atoms. The summed E-state index contributed by atoms with van der Waals surface area (Å²) in [5, 5.41) is 0. The first-order chi connectivity index (χ1) is 12.8. The fraction of sp³-hybridized carbons (Fsp3) is 0.450. The molecule has 1 aromatic carbocycles. The molecule has 136 valence electrons. The topological polar surface area (TPSA) is 52.6 Å². The lowest BCUT2D eigenvalue weighted by Gasteiger charge is -2.34. The average molecular weight is 351 g/mol. The van der Waals surface area contributed by atoms with E-state index in [1.54, 1.807) is 0 Å². The van der Waals surface area contributed by atoms with Crippen LogP contribution >= 0.6 is 0 Å². The summed E-state index contributed by atoms with van der Waals surface area (Å²) >= 11 is 0. The molecule has 0 atom stereocenters. The van der Waals surface area contributed by atoms with Gasteiger partial charge in [0.15, 0.2) is 0 Å². The van der Waals surface area contributed by atoms with Gasteiger partial charge in [-0.05, 0) is 19.3 Å². The van der Waals surface area contributed by atoms with Crippen LogP contribution in [0.25, 0.3) is 11.3 Å². The Labute approximate surface area is 154 Å². The number of rotatable bonds is 4. The van der Waals surface area contributed by atoms with Crippen LogP contribution in [0.2, 0.25) is 0 Å². The number of carbonyl (C=O) groups excluding carboxylic acids is 1. The van der Waals surface area contributed by atoms with Gasteiger partial charge in [-0.15, -0.1) is 0 Å². The molecule has 0 saturated carbocycles. The van der Waals surface area contributed by atoms with Crippen molar-refractivity contribution >= 4 is 18.2 Å². The number of benzene rings is 1. The van der Waals surface area contributed by atoms with Crippen LogP contribution in [0.3, 0.4) is 0 Å². The second-order valence-corrected chi connectivity index (χ2v) is 6.95. The number of carbonyl (C=O) groups is 1. The predicted molar refractivity (Wildman–Crippen MR) is 103 cm³/mol. The van der Waals surface area contributed by atoms with E-state index >= 15 is 0 Å². The Morgan fingerprint density at radius 3 is 2.23 bits per heavy atom. The fourth-order valence-corrected chi connectivity index (χ4v) is 3.63. The predicted octanol–water partition coefficient (Wildman–Crippen LogP) is 2.41. The standard InChI is InChI=1S/C20H25N5O/c26-16-23-11-13-24(14-12-23)19-15-18(17-7-3-1-4-8-17)21-20(22-19)25-9-5-2-6-10-25/h1,3-4,7-8,15-16H,2,5-6,9-14H2. The molecule has 26 heavy (non-hydrogen) atoms. The van der Waals surface area contributed by atoms with Crippen LogP contribution in [0.15, 0.2) is 36.4 Å². The van der Waals surface area contributed by atoms with Gasteiger partial charge < -0.3 is 14.7 Å². The number of piperazine rings is 1. The molecule has 0 unspecified atom stereocenters. The summed E-state index contributed by atoms with van der Waals surface area (Å²) in [6.07, 6.45) is 4.62. The van der Waals surface area contributed by atoms with E-state index in [1.807, 2.05) is 23.1 Å². The largest absolute Gasteiger partial charge is 0.353 e. The Morgan fingerprint density at radius 2 is 1.54 bits per heavy atom. The third-order valence-corrected chi connectivity index (χ3v) is 5.20. The van der Waals surface area contributed by atoms with E-state index in [-0.39, 0.29) is 0 Å². The average Bonchev–Trinajstić information content (AvgIpc) is 2.75. The number of nitrogens with zero attached hydrogens (tertiary/aromatic N) is 5. The first-order valence-electron chi connectivity index (χ1n) is 9.47. The monoisotopic (exact) mass is 351 g/mol. The van der Waals surface area contributed by atoms with Crippen molar-refractivity contribution in [3.8, 4) is 11.3 Å². The molecule has 2 aromatic rings. The molecule has 6 nitrogen and oxygen atoms in total. The fourth-order valence-electron chi connectivity index (χ4n) is 3.63. The van der Waals surface area contributed by atoms with Crippen molar-refractivity contribution in [1.29, 1.82) is 0 Å². The maximum atomic E-state index is 11.0. The lowest BCUT2D eigenvalue weighted by molar-refractivity contribution is -0.118. The van der Waals surface area contributed by atoms with Gasteiger partial charge >= 0.3 is 0 Å².